The second-order valence-electron chi connectivity index (χ2n) is 4.40. The van der Waals surface area contributed by atoms with Crippen molar-refractivity contribution < 1.29 is 10.2 Å². The summed E-state index contributed by atoms with van der Waals surface area (Å²) in [5.74, 6) is 0. The first-order chi connectivity index (χ1) is 9.02. The average molecular weight is 449 g/mol. The fourth-order valence-electron chi connectivity index (χ4n) is 2.41. The molecule has 0 aromatic heterocycles. The smallest absolute Gasteiger partial charge is 0.112 e. The molecule has 5 heteroatoms. The molecule has 0 amide bonds. The molecule has 0 aliphatic heterocycles. The Kier molecular flexibility index (Phi) is 3.60. The van der Waals surface area contributed by atoms with Crippen LogP contribution in [0.3, 0.4) is 0 Å². The van der Waals surface area contributed by atoms with Crippen LogP contribution in [-0.2, 0) is 0 Å². The summed E-state index contributed by atoms with van der Waals surface area (Å²) in [6.07, 6.45) is 0.0932. The van der Waals surface area contributed by atoms with E-state index in [2.05, 4.69) is 47.8 Å². The van der Waals surface area contributed by atoms with Gasteiger partial charge in [0, 0.05) is 24.6 Å². The molecular weight excluding hydrogens is 440 g/mol. The van der Waals surface area contributed by atoms with E-state index in [1.165, 1.54) is 0 Å². The molecule has 0 fully saturated rings. The van der Waals surface area contributed by atoms with Gasteiger partial charge in [0.15, 0.2) is 0 Å². The van der Waals surface area contributed by atoms with Gasteiger partial charge in [0.25, 0.3) is 0 Å². The summed E-state index contributed by atoms with van der Waals surface area (Å²) in [4.78, 5) is 0. The number of halogens is 3. The Bertz CT molecular complexity index is 709. The van der Waals surface area contributed by atoms with Gasteiger partial charge < -0.3 is 10.2 Å². The van der Waals surface area contributed by atoms with Crippen molar-refractivity contribution in [3.8, 4) is 0 Å². The monoisotopic (exact) mass is 446 g/mol. The van der Waals surface area contributed by atoms with Crippen LogP contribution in [0.4, 0.5) is 0 Å². The predicted octanol–water partition coefficient (Wildman–Crippen LogP) is 4.72. The highest BCUT2D eigenvalue weighted by molar-refractivity contribution is 9.12. The van der Waals surface area contributed by atoms with Crippen LogP contribution in [0.5, 0.6) is 0 Å². The van der Waals surface area contributed by atoms with Gasteiger partial charge in [0.1, 0.15) is 6.10 Å². The van der Waals surface area contributed by atoms with E-state index in [-0.39, 0.29) is 0 Å². The second kappa shape index (κ2) is 4.97. The van der Waals surface area contributed by atoms with E-state index < -0.39 is 12.2 Å². The third kappa shape index (κ3) is 2.03. The van der Waals surface area contributed by atoms with Gasteiger partial charge in [-0.2, -0.15) is 0 Å². The molecule has 3 rings (SSSR count). The van der Waals surface area contributed by atoms with Crippen LogP contribution >= 0.6 is 47.8 Å². The van der Waals surface area contributed by atoms with E-state index in [0.29, 0.717) is 15.6 Å². The van der Waals surface area contributed by atoms with Gasteiger partial charge in [0.05, 0.1) is 6.10 Å². The lowest BCUT2D eigenvalue weighted by atomic mass is 9.90. The fourth-order valence-corrected chi connectivity index (χ4v) is 4.46. The van der Waals surface area contributed by atoms with Crippen molar-refractivity contribution >= 4 is 58.6 Å². The normalized spacial score (nSPS) is 22.3. The summed E-state index contributed by atoms with van der Waals surface area (Å²) >= 11 is 10.4. The zero-order chi connectivity index (χ0) is 13.7. The lowest BCUT2D eigenvalue weighted by Crippen LogP contribution is -2.13. The van der Waals surface area contributed by atoms with Crippen molar-refractivity contribution in [1.29, 1.82) is 0 Å². The summed E-state index contributed by atoms with van der Waals surface area (Å²) in [6.45, 7) is 0. The maximum Gasteiger partial charge on any atom is 0.112 e. The zero-order valence-corrected chi connectivity index (χ0v) is 14.3. The van der Waals surface area contributed by atoms with E-state index in [0.717, 1.165) is 19.7 Å². The number of fused-ring (bicyclic) bond motifs is 2. The van der Waals surface area contributed by atoms with Crippen molar-refractivity contribution in [3.05, 3.63) is 54.9 Å². The van der Waals surface area contributed by atoms with E-state index in [1.54, 1.807) is 6.08 Å². The number of aliphatic hydroxyl groups is 2. The minimum absolute atomic E-state index is 0.579. The van der Waals surface area contributed by atoms with Crippen LogP contribution in [0.1, 0.15) is 23.3 Å². The van der Waals surface area contributed by atoms with Gasteiger partial charge in [-0.25, -0.2) is 0 Å². The molecule has 2 aromatic carbocycles. The molecule has 2 aromatic rings. The first-order valence-electron chi connectivity index (χ1n) is 5.65. The Balaban J connectivity index is 2.47. The molecule has 98 valence electrons. The highest BCUT2D eigenvalue weighted by Gasteiger charge is 2.30. The van der Waals surface area contributed by atoms with Crippen LogP contribution in [0, 0.1) is 0 Å². The SMILES string of the molecule is OC1C=C(Br)C(O)c2c1c(Br)c1ccccc1c2Br. The van der Waals surface area contributed by atoms with Crippen molar-refractivity contribution in [3.63, 3.8) is 0 Å². The number of aliphatic hydroxyl groups excluding tert-OH is 2. The van der Waals surface area contributed by atoms with Crippen molar-refractivity contribution in [2.75, 3.05) is 0 Å². The summed E-state index contributed by atoms with van der Waals surface area (Å²) in [5.41, 5.74) is 1.41. The lowest BCUT2D eigenvalue weighted by Gasteiger charge is -2.27. The Hall–Kier alpha value is -0.200. The molecule has 0 bridgehead atoms. The molecule has 2 unspecified atom stereocenters. The van der Waals surface area contributed by atoms with Gasteiger partial charge >= 0.3 is 0 Å². The topological polar surface area (TPSA) is 40.5 Å². The van der Waals surface area contributed by atoms with Crippen molar-refractivity contribution in [2.45, 2.75) is 12.2 Å². The van der Waals surface area contributed by atoms with Crippen LogP contribution < -0.4 is 0 Å². The number of rotatable bonds is 0. The summed E-state index contributed by atoms with van der Waals surface area (Å²) in [6, 6.07) is 7.86. The van der Waals surface area contributed by atoms with E-state index in [1.807, 2.05) is 24.3 Å². The largest absolute Gasteiger partial charge is 0.384 e. The molecule has 0 heterocycles. The predicted molar refractivity (Wildman–Crippen MR) is 86.3 cm³/mol. The van der Waals surface area contributed by atoms with Crippen LogP contribution in [0.2, 0.25) is 0 Å². The number of benzene rings is 2. The Morgan fingerprint density at radius 2 is 1.37 bits per heavy atom. The summed E-state index contributed by atoms with van der Waals surface area (Å²) in [7, 11) is 0. The molecule has 0 spiro atoms. The van der Waals surface area contributed by atoms with Gasteiger partial charge in [-0.3, -0.25) is 0 Å². The van der Waals surface area contributed by atoms with Gasteiger partial charge in [-0.15, -0.1) is 0 Å². The highest BCUT2D eigenvalue weighted by Crippen LogP contribution is 2.48. The zero-order valence-electron chi connectivity index (χ0n) is 9.57. The molecule has 19 heavy (non-hydrogen) atoms. The molecule has 0 saturated heterocycles. The Labute approximate surface area is 135 Å². The van der Waals surface area contributed by atoms with Gasteiger partial charge in [-0.1, -0.05) is 40.2 Å². The Morgan fingerprint density at radius 1 is 0.842 bits per heavy atom. The molecule has 1 aliphatic carbocycles. The molecule has 2 atom stereocenters. The molecule has 2 nitrogen and oxygen atoms in total. The maximum atomic E-state index is 10.3. The van der Waals surface area contributed by atoms with Gasteiger partial charge in [-0.05, 0) is 48.7 Å². The van der Waals surface area contributed by atoms with Crippen LogP contribution in [-0.4, -0.2) is 10.2 Å². The summed E-state index contributed by atoms with van der Waals surface area (Å²) in [5, 5.41) is 22.6. The minimum atomic E-state index is -0.770. The van der Waals surface area contributed by atoms with E-state index in [4.69, 9.17) is 0 Å². The maximum absolute atomic E-state index is 10.3. The number of hydrogen-bond acceptors (Lipinski definition) is 2. The molecule has 0 saturated carbocycles. The minimum Gasteiger partial charge on any atom is -0.384 e. The van der Waals surface area contributed by atoms with E-state index >= 15 is 0 Å². The third-order valence-corrected chi connectivity index (χ3v) is 5.72. The standard InChI is InChI=1S/C14H9Br3O2/c15-8-5-9(18)10-11(14(8)19)13(17)7-4-2-1-3-6(7)12(10)16/h1-5,9,14,18-19H. The fraction of sp³-hybridized carbons (Fsp3) is 0.143. The Morgan fingerprint density at radius 3 is 1.95 bits per heavy atom. The molecule has 2 N–H and O–H groups in total. The van der Waals surface area contributed by atoms with E-state index in [9.17, 15) is 10.2 Å². The quantitative estimate of drug-likeness (QED) is 0.612. The van der Waals surface area contributed by atoms with Crippen molar-refractivity contribution in [1.82, 2.24) is 0 Å². The molecule has 0 radical (unpaired) electrons. The summed E-state index contributed by atoms with van der Waals surface area (Å²) < 4.78 is 2.22. The average Bonchev–Trinajstić information content (AvgIpc) is 2.40. The lowest BCUT2D eigenvalue weighted by molar-refractivity contribution is 0.185. The van der Waals surface area contributed by atoms with Gasteiger partial charge in [0.2, 0.25) is 0 Å². The van der Waals surface area contributed by atoms with Crippen LogP contribution in [0.15, 0.2) is 43.8 Å². The molecular formula is C14H9Br3O2. The second-order valence-corrected chi connectivity index (χ2v) is 6.90. The highest BCUT2D eigenvalue weighted by atomic mass is 79.9. The van der Waals surface area contributed by atoms with Crippen LogP contribution in [0.25, 0.3) is 10.8 Å². The number of hydrogen-bond donors (Lipinski definition) is 2. The third-order valence-electron chi connectivity index (χ3n) is 3.31. The van der Waals surface area contributed by atoms with Crippen molar-refractivity contribution in [2.24, 2.45) is 0 Å². The first-order valence-corrected chi connectivity index (χ1v) is 8.03. The first kappa shape index (κ1) is 13.8. The molecule has 1 aliphatic rings.